The average molecular weight is 266 g/mol. The molecule has 1 nitrogen and oxygen atoms in total. The number of aliphatic imine (C=N–C) groups is 1. The van der Waals surface area contributed by atoms with Gasteiger partial charge in [-0.05, 0) is 18.6 Å². The van der Waals surface area contributed by atoms with Crippen LogP contribution in [-0.4, -0.2) is 17.4 Å². The third-order valence-corrected chi connectivity index (χ3v) is 2.83. The molecule has 2 unspecified atom stereocenters. The molecule has 0 N–H and O–H groups in total. The van der Waals surface area contributed by atoms with E-state index in [9.17, 15) is 17.6 Å². The zero-order chi connectivity index (χ0) is 12.6. The van der Waals surface area contributed by atoms with Gasteiger partial charge in [0, 0.05) is 5.56 Å². The van der Waals surface area contributed by atoms with E-state index in [2.05, 4.69) is 4.99 Å². The van der Waals surface area contributed by atoms with Gasteiger partial charge < -0.3 is 0 Å². The molecule has 2 rings (SSSR count). The van der Waals surface area contributed by atoms with Crippen LogP contribution < -0.4 is 0 Å². The molecule has 1 fully saturated rings. The molecule has 6 heteroatoms. The molecule has 1 aliphatic carbocycles. The zero-order valence-electron chi connectivity index (χ0n) is 8.51. The van der Waals surface area contributed by atoms with Gasteiger partial charge in [0.2, 0.25) is 0 Å². The lowest BCUT2D eigenvalue weighted by atomic mass is 10.2. The number of hydrogen-bond acceptors (Lipinski definition) is 1. The summed E-state index contributed by atoms with van der Waals surface area (Å²) in [7, 11) is 0. The largest absolute Gasteiger partial charge is 0.393 e. The minimum Gasteiger partial charge on any atom is -0.269 e. The summed E-state index contributed by atoms with van der Waals surface area (Å²) in [5, 5.41) is -0.0822. The van der Waals surface area contributed by atoms with Crippen molar-refractivity contribution < 1.29 is 17.6 Å². The Hall–Kier alpha value is -1.10. The molecule has 17 heavy (non-hydrogen) atoms. The van der Waals surface area contributed by atoms with Crippen LogP contribution in [0.1, 0.15) is 12.0 Å². The molecule has 0 amide bonds. The number of halogens is 5. The molecule has 1 aromatic carbocycles. The first-order valence-electron chi connectivity index (χ1n) is 4.94. The van der Waals surface area contributed by atoms with Crippen molar-refractivity contribution in [1.29, 1.82) is 0 Å². The maximum absolute atomic E-state index is 12.9. The van der Waals surface area contributed by atoms with E-state index in [1.165, 1.54) is 18.2 Å². The van der Waals surface area contributed by atoms with E-state index in [1.807, 2.05) is 0 Å². The summed E-state index contributed by atoms with van der Waals surface area (Å²) in [6, 6.07) is 4.46. The molecule has 0 radical (unpaired) electrons. The smallest absolute Gasteiger partial charge is 0.269 e. The van der Waals surface area contributed by atoms with E-state index in [1.54, 1.807) is 0 Å². The fourth-order valence-electron chi connectivity index (χ4n) is 1.51. The van der Waals surface area contributed by atoms with Crippen LogP contribution in [0, 0.1) is 11.7 Å². The second kappa shape index (κ2) is 4.29. The molecule has 1 aliphatic rings. The van der Waals surface area contributed by atoms with Crippen molar-refractivity contribution in [2.45, 2.75) is 18.6 Å². The lowest BCUT2D eigenvalue weighted by Gasteiger charge is -2.03. The van der Waals surface area contributed by atoms with Gasteiger partial charge in [-0.2, -0.15) is 13.2 Å². The second-order valence-corrected chi connectivity index (χ2v) is 4.24. The summed E-state index contributed by atoms with van der Waals surface area (Å²) in [4.78, 5) is 3.74. The fraction of sp³-hybridized carbons (Fsp3) is 0.364. The maximum Gasteiger partial charge on any atom is 0.393 e. The molecular weight excluding hydrogens is 258 g/mol. The van der Waals surface area contributed by atoms with Crippen LogP contribution in [0.4, 0.5) is 17.6 Å². The quantitative estimate of drug-likeness (QED) is 0.570. The van der Waals surface area contributed by atoms with Gasteiger partial charge >= 0.3 is 6.18 Å². The lowest BCUT2D eigenvalue weighted by molar-refractivity contribution is -0.148. The van der Waals surface area contributed by atoms with E-state index < -0.39 is 24.0 Å². The van der Waals surface area contributed by atoms with Gasteiger partial charge in [-0.1, -0.05) is 23.7 Å². The van der Waals surface area contributed by atoms with Crippen LogP contribution in [0.25, 0.3) is 0 Å². The highest BCUT2D eigenvalue weighted by atomic mass is 35.5. The van der Waals surface area contributed by atoms with Crippen molar-refractivity contribution in [3.63, 3.8) is 0 Å². The Morgan fingerprint density at radius 2 is 2.06 bits per heavy atom. The van der Waals surface area contributed by atoms with Gasteiger partial charge in [0.1, 0.15) is 11.0 Å². The van der Waals surface area contributed by atoms with E-state index in [0.717, 1.165) is 6.07 Å². The van der Waals surface area contributed by atoms with E-state index in [4.69, 9.17) is 11.6 Å². The summed E-state index contributed by atoms with van der Waals surface area (Å²) < 4.78 is 49.6. The number of alkyl halides is 3. The fourth-order valence-corrected chi connectivity index (χ4v) is 1.76. The topological polar surface area (TPSA) is 12.4 Å². The SMILES string of the molecule is Fc1cccc(C(Cl)=NC2CC2C(F)(F)F)c1. The average Bonchev–Trinajstić information content (AvgIpc) is 2.96. The Balaban J connectivity index is 2.10. The third kappa shape index (κ3) is 2.97. The van der Waals surface area contributed by atoms with E-state index in [-0.39, 0.29) is 11.6 Å². The van der Waals surface area contributed by atoms with Crippen LogP contribution in [0.15, 0.2) is 29.3 Å². The predicted octanol–water partition coefficient (Wildman–Crippen LogP) is 3.76. The zero-order valence-corrected chi connectivity index (χ0v) is 9.26. The van der Waals surface area contributed by atoms with Gasteiger partial charge in [-0.25, -0.2) is 4.39 Å². The van der Waals surface area contributed by atoms with E-state index >= 15 is 0 Å². The van der Waals surface area contributed by atoms with Crippen molar-refractivity contribution in [2.75, 3.05) is 0 Å². The van der Waals surface area contributed by atoms with Crippen LogP contribution in [-0.2, 0) is 0 Å². The molecule has 1 saturated carbocycles. The molecule has 0 aliphatic heterocycles. The molecule has 0 heterocycles. The summed E-state index contributed by atoms with van der Waals surface area (Å²) in [5.41, 5.74) is 0.291. The minimum absolute atomic E-state index is 0.0466. The summed E-state index contributed by atoms with van der Waals surface area (Å²) >= 11 is 5.74. The highest BCUT2D eigenvalue weighted by molar-refractivity contribution is 6.69. The van der Waals surface area contributed by atoms with Crippen molar-refractivity contribution in [2.24, 2.45) is 10.9 Å². The molecule has 92 valence electrons. The van der Waals surface area contributed by atoms with Gasteiger partial charge in [0.05, 0.1) is 12.0 Å². The maximum atomic E-state index is 12.9. The first kappa shape index (κ1) is 12.4. The monoisotopic (exact) mass is 265 g/mol. The molecular formula is C11H8ClF4N. The van der Waals surface area contributed by atoms with Crippen LogP contribution in [0.2, 0.25) is 0 Å². The molecule has 0 spiro atoms. The van der Waals surface area contributed by atoms with Crippen molar-refractivity contribution >= 4 is 16.8 Å². The Bertz CT molecular complexity index is 455. The van der Waals surface area contributed by atoms with Crippen LogP contribution in [0.5, 0.6) is 0 Å². The number of hydrogen-bond donors (Lipinski definition) is 0. The Kier molecular flexibility index (Phi) is 3.12. The highest BCUT2D eigenvalue weighted by Gasteiger charge is 2.56. The Morgan fingerprint density at radius 3 is 2.59 bits per heavy atom. The van der Waals surface area contributed by atoms with Gasteiger partial charge in [-0.3, -0.25) is 4.99 Å². The first-order valence-corrected chi connectivity index (χ1v) is 5.31. The predicted molar refractivity (Wildman–Crippen MR) is 56.7 cm³/mol. The summed E-state index contributed by atoms with van der Waals surface area (Å²) in [6.45, 7) is 0. The normalized spacial score (nSPS) is 24.9. The standard InChI is InChI=1S/C11H8ClF4N/c12-10(6-2-1-3-7(13)4-6)17-9-5-8(9)11(14,15)16/h1-4,8-9H,5H2. The van der Waals surface area contributed by atoms with Crippen molar-refractivity contribution in [3.05, 3.63) is 35.6 Å². The molecule has 2 atom stereocenters. The summed E-state index contributed by atoms with van der Waals surface area (Å²) in [5.74, 6) is -1.91. The second-order valence-electron chi connectivity index (χ2n) is 3.88. The molecule has 0 aromatic heterocycles. The highest BCUT2D eigenvalue weighted by Crippen LogP contribution is 2.47. The third-order valence-electron chi connectivity index (χ3n) is 2.52. The van der Waals surface area contributed by atoms with Crippen molar-refractivity contribution in [3.8, 4) is 0 Å². The molecule has 0 saturated heterocycles. The Morgan fingerprint density at radius 1 is 1.35 bits per heavy atom. The number of rotatable bonds is 2. The van der Waals surface area contributed by atoms with Gasteiger partial charge in [-0.15, -0.1) is 0 Å². The molecule has 1 aromatic rings. The number of benzene rings is 1. The van der Waals surface area contributed by atoms with Gasteiger partial charge in [0.15, 0.2) is 0 Å². The first-order chi connectivity index (χ1) is 7.88. The Labute approximate surface area is 100 Å². The lowest BCUT2D eigenvalue weighted by Crippen LogP contribution is -2.13. The minimum atomic E-state index is -4.23. The summed E-state index contributed by atoms with van der Waals surface area (Å²) in [6.07, 6.45) is -4.28. The van der Waals surface area contributed by atoms with Crippen LogP contribution in [0.3, 0.4) is 0 Å². The van der Waals surface area contributed by atoms with Gasteiger partial charge in [0.25, 0.3) is 0 Å². The van der Waals surface area contributed by atoms with Crippen molar-refractivity contribution in [1.82, 2.24) is 0 Å². The molecule has 0 bridgehead atoms. The van der Waals surface area contributed by atoms with Crippen LogP contribution >= 0.6 is 11.6 Å². The number of nitrogens with zero attached hydrogens (tertiary/aromatic N) is 1. The van der Waals surface area contributed by atoms with E-state index in [0.29, 0.717) is 5.56 Å².